The van der Waals surface area contributed by atoms with E-state index in [0.29, 0.717) is 5.76 Å². The van der Waals surface area contributed by atoms with E-state index in [2.05, 4.69) is 39.0 Å². The molecule has 1 heterocycles. The number of benzene rings is 2. The molecule has 21 heavy (non-hydrogen) atoms. The van der Waals surface area contributed by atoms with Gasteiger partial charge in [-0.2, -0.15) is 5.26 Å². The highest BCUT2D eigenvalue weighted by Crippen LogP contribution is 2.36. The van der Waals surface area contributed by atoms with Crippen LogP contribution in [0.15, 0.2) is 52.9 Å². The van der Waals surface area contributed by atoms with Crippen LogP contribution in [0.3, 0.4) is 0 Å². The highest BCUT2D eigenvalue weighted by atomic mass is 16.3. The van der Waals surface area contributed by atoms with Gasteiger partial charge in [0.1, 0.15) is 11.7 Å². The number of nitrogens with zero attached hydrogens (tertiary/aromatic N) is 1. The third kappa shape index (κ3) is 2.32. The Morgan fingerprint density at radius 2 is 1.71 bits per heavy atom. The predicted molar refractivity (Wildman–Crippen MR) is 85.1 cm³/mol. The molecule has 3 rings (SSSR count). The largest absolute Gasteiger partial charge is 0.445 e. The first-order valence-corrected chi connectivity index (χ1v) is 7.03. The predicted octanol–water partition coefficient (Wildman–Crippen LogP) is 5.27. The molecule has 0 aliphatic heterocycles. The molecular weight excluding hydrogens is 258 g/mol. The first-order valence-electron chi connectivity index (χ1n) is 7.03. The van der Waals surface area contributed by atoms with Gasteiger partial charge < -0.3 is 4.42 Å². The van der Waals surface area contributed by atoms with Crippen LogP contribution < -0.4 is 0 Å². The molecule has 0 fully saturated rings. The van der Waals surface area contributed by atoms with E-state index in [1.807, 2.05) is 36.4 Å². The third-order valence-electron chi connectivity index (χ3n) is 3.72. The zero-order valence-electron chi connectivity index (χ0n) is 12.5. The lowest BCUT2D eigenvalue weighted by Gasteiger charge is -2.18. The molecule has 0 atom stereocenters. The van der Waals surface area contributed by atoms with E-state index < -0.39 is 0 Å². The number of furan rings is 1. The molecule has 1 aromatic heterocycles. The summed E-state index contributed by atoms with van der Waals surface area (Å²) < 4.78 is 5.71. The van der Waals surface area contributed by atoms with Crippen molar-refractivity contribution in [2.24, 2.45) is 0 Å². The number of fused-ring (bicyclic) bond motifs is 1. The zero-order valence-corrected chi connectivity index (χ0v) is 12.5. The second-order valence-electron chi connectivity index (χ2n) is 6.24. The summed E-state index contributed by atoms with van der Waals surface area (Å²) in [6.07, 6.45) is 0. The first-order chi connectivity index (χ1) is 10.0. The van der Waals surface area contributed by atoms with Crippen LogP contribution >= 0.6 is 0 Å². The van der Waals surface area contributed by atoms with Gasteiger partial charge >= 0.3 is 0 Å². The van der Waals surface area contributed by atoms with Crippen LogP contribution in [0.1, 0.15) is 32.1 Å². The number of rotatable bonds is 1. The Kier molecular flexibility index (Phi) is 3.07. The molecule has 104 valence electrons. The summed E-state index contributed by atoms with van der Waals surface area (Å²) in [4.78, 5) is 0. The van der Waals surface area contributed by atoms with Gasteiger partial charge in [-0.1, -0.05) is 57.2 Å². The van der Waals surface area contributed by atoms with Gasteiger partial charge in [0.15, 0.2) is 0 Å². The van der Waals surface area contributed by atoms with Crippen LogP contribution in [-0.4, -0.2) is 0 Å². The quantitative estimate of drug-likeness (QED) is 0.606. The average Bonchev–Trinajstić information content (AvgIpc) is 2.84. The minimum absolute atomic E-state index is 0.0617. The van der Waals surface area contributed by atoms with E-state index in [1.54, 1.807) is 0 Å². The maximum Gasteiger partial charge on any atom is 0.212 e. The van der Waals surface area contributed by atoms with Gasteiger partial charge in [0.05, 0.1) is 0 Å². The van der Waals surface area contributed by atoms with Crippen molar-refractivity contribution in [1.29, 1.82) is 5.26 Å². The van der Waals surface area contributed by atoms with Crippen LogP contribution in [0.25, 0.3) is 22.1 Å². The maximum absolute atomic E-state index is 9.37. The summed E-state index contributed by atoms with van der Waals surface area (Å²) in [6, 6.07) is 18.3. The van der Waals surface area contributed by atoms with Crippen molar-refractivity contribution in [3.05, 3.63) is 59.9 Å². The van der Waals surface area contributed by atoms with Crippen LogP contribution in [0, 0.1) is 11.3 Å². The highest BCUT2D eigenvalue weighted by Gasteiger charge is 2.19. The standard InChI is InChI=1S/C19H17NO/c1-19(2,3)14-9-10-16-15(11-14)18(17(12-20)21-16)13-7-5-4-6-8-13/h4-11H,1-3H3. The van der Waals surface area contributed by atoms with Crippen molar-refractivity contribution in [2.45, 2.75) is 26.2 Å². The second-order valence-corrected chi connectivity index (χ2v) is 6.24. The van der Waals surface area contributed by atoms with Gasteiger partial charge in [-0.25, -0.2) is 0 Å². The minimum atomic E-state index is 0.0617. The highest BCUT2D eigenvalue weighted by molar-refractivity contribution is 5.97. The molecule has 0 radical (unpaired) electrons. The lowest BCUT2D eigenvalue weighted by molar-refractivity contribution is 0.587. The zero-order chi connectivity index (χ0) is 15.0. The Bertz CT molecular complexity index is 830. The average molecular weight is 275 g/mol. The Labute approximate surface area is 124 Å². The maximum atomic E-state index is 9.37. The van der Waals surface area contributed by atoms with E-state index in [9.17, 15) is 5.26 Å². The molecule has 2 heteroatoms. The van der Waals surface area contributed by atoms with Gasteiger partial charge in [-0.15, -0.1) is 0 Å². The molecule has 0 bridgehead atoms. The smallest absolute Gasteiger partial charge is 0.212 e. The van der Waals surface area contributed by atoms with Gasteiger partial charge in [0.25, 0.3) is 0 Å². The molecule has 0 N–H and O–H groups in total. The fourth-order valence-corrected chi connectivity index (χ4v) is 2.53. The summed E-state index contributed by atoms with van der Waals surface area (Å²) in [5.74, 6) is 0.377. The normalized spacial score (nSPS) is 11.5. The Hall–Kier alpha value is -2.53. The van der Waals surface area contributed by atoms with Crippen LogP contribution in [0.4, 0.5) is 0 Å². The molecule has 2 aromatic carbocycles. The topological polar surface area (TPSA) is 36.9 Å². The lowest BCUT2D eigenvalue weighted by Crippen LogP contribution is -2.10. The number of hydrogen-bond acceptors (Lipinski definition) is 2. The minimum Gasteiger partial charge on any atom is -0.445 e. The summed E-state index contributed by atoms with van der Waals surface area (Å²) >= 11 is 0. The van der Waals surface area contributed by atoms with Crippen molar-refractivity contribution in [3.63, 3.8) is 0 Å². The lowest BCUT2D eigenvalue weighted by atomic mass is 9.86. The first kappa shape index (κ1) is 13.5. The van der Waals surface area contributed by atoms with Crippen molar-refractivity contribution in [3.8, 4) is 17.2 Å². The van der Waals surface area contributed by atoms with E-state index in [4.69, 9.17) is 4.42 Å². The molecule has 0 saturated carbocycles. The fraction of sp³-hybridized carbons (Fsp3) is 0.211. The Balaban J connectivity index is 2.34. The molecule has 0 aliphatic carbocycles. The van der Waals surface area contributed by atoms with E-state index in [1.165, 1.54) is 5.56 Å². The van der Waals surface area contributed by atoms with E-state index in [0.717, 1.165) is 22.1 Å². The summed E-state index contributed by atoms with van der Waals surface area (Å²) in [5.41, 5.74) is 3.96. The SMILES string of the molecule is CC(C)(C)c1ccc2oc(C#N)c(-c3ccccc3)c2c1. The number of nitriles is 1. The van der Waals surface area contributed by atoms with Gasteiger partial charge in [0.2, 0.25) is 5.76 Å². The molecule has 2 nitrogen and oxygen atoms in total. The molecule has 0 aliphatic rings. The Morgan fingerprint density at radius 3 is 2.33 bits per heavy atom. The molecule has 0 spiro atoms. The fourth-order valence-electron chi connectivity index (χ4n) is 2.53. The van der Waals surface area contributed by atoms with Crippen molar-refractivity contribution in [1.82, 2.24) is 0 Å². The molecular formula is C19H17NO. The molecule has 0 saturated heterocycles. The van der Waals surface area contributed by atoms with Crippen molar-refractivity contribution >= 4 is 11.0 Å². The number of hydrogen-bond donors (Lipinski definition) is 0. The summed E-state index contributed by atoms with van der Waals surface area (Å²) in [6.45, 7) is 6.55. The molecule has 0 unspecified atom stereocenters. The summed E-state index contributed by atoms with van der Waals surface area (Å²) in [7, 11) is 0. The van der Waals surface area contributed by atoms with Crippen molar-refractivity contribution in [2.75, 3.05) is 0 Å². The van der Waals surface area contributed by atoms with E-state index in [-0.39, 0.29) is 5.41 Å². The van der Waals surface area contributed by atoms with Gasteiger partial charge in [0, 0.05) is 10.9 Å². The van der Waals surface area contributed by atoms with Gasteiger partial charge in [-0.3, -0.25) is 0 Å². The molecule has 0 amide bonds. The van der Waals surface area contributed by atoms with E-state index >= 15 is 0 Å². The second kappa shape index (κ2) is 4.79. The third-order valence-corrected chi connectivity index (χ3v) is 3.72. The van der Waals surface area contributed by atoms with Crippen molar-refractivity contribution < 1.29 is 4.42 Å². The van der Waals surface area contributed by atoms with Gasteiger partial charge in [-0.05, 0) is 28.7 Å². The summed E-state index contributed by atoms with van der Waals surface area (Å²) in [5, 5.41) is 10.4. The van der Waals surface area contributed by atoms with Crippen LogP contribution in [-0.2, 0) is 5.41 Å². The molecule has 3 aromatic rings. The van der Waals surface area contributed by atoms with Crippen LogP contribution in [0.2, 0.25) is 0 Å². The van der Waals surface area contributed by atoms with Crippen LogP contribution in [0.5, 0.6) is 0 Å². The Morgan fingerprint density at radius 1 is 1.00 bits per heavy atom. The monoisotopic (exact) mass is 275 g/mol.